The highest BCUT2D eigenvalue weighted by Gasteiger charge is 2.30. The van der Waals surface area contributed by atoms with E-state index in [0.717, 1.165) is 30.5 Å². The maximum absolute atomic E-state index is 12.5. The van der Waals surface area contributed by atoms with Gasteiger partial charge in [-0.25, -0.2) is 8.42 Å². The van der Waals surface area contributed by atoms with E-state index < -0.39 is 27.5 Å². The standard InChI is InChI=1S/C16H14F3NO3S/c1-10-9-13(24(2,22)23)7-8-14(10)20-15(21)11-3-5-12(6-4-11)16(17,18)19/h3-9H,1-2H3,(H,20,21). The first-order valence-corrected chi connectivity index (χ1v) is 8.67. The van der Waals surface area contributed by atoms with Gasteiger partial charge in [-0.1, -0.05) is 0 Å². The third-order valence-corrected chi connectivity index (χ3v) is 4.46. The molecule has 1 amide bonds. The Balaban J connectivity index is 2.21. The molecule has 2 rings (SSSR count). The summed E-state index contributed by atoms with van der Waals surface area (Å²) in [6, 6.07) is 8.02. The number of nitrogens with one attached hydrogen (secondary N) is 1. The molecule has 0 bridgehead atoms. The van der Waals surface area contributed by atoms with Crippen molar-refractivity contribution in [3.8, 4) is 0 Å². The first kappa shape index (κ1) is 18.0. The Labute approximate surface area is 137 Å². The lowest BCUT2D eigenvalue weighted by molar-refractivity contribution is -0.137. The minimum Gasteiger partial charge on any atom is -0.322 e. The van der Waals surface area contributed by atoms with E-state index >= 15 is 0 Å². The van der Waals surface area contributed by atoms with Crippen LogP contribution in [0.25, 0.3) is 0 Å². The lowest BCUT2D eigenvalue weighted by Gasteiger charge is -2.11. The quantitative estimate of drug-likeness (QED) is 0.912. The second-order valence-corrected chi connectivity index (χ2v) is 7.29. The second-order valence-electron chi connectivity index (χ2n) is 5.28. The number of benzene rings is 2. The van der Waals surface area contributed by atoms with Crippen LogP contribution in [0.5, 0.6) is 0 Å². The third-order valence-electron chi connectivity index (χ3n) is 3.35. The number of sulfone groups is 1. The third kappa shape index (κ3) is 4.14. The van der Waals surface area contributed by atoms with Crippen LogP contribution in [0.3, 0.4) is 0 Å². The number of aryl methyl sites for hydroxylation is 1. The first-order valence-electron chi connectivity index (χ1n) is 6.78. The Bertz CT molecular complexity index is 872. The topological polar surface area (TPSA) is 63.2 Å². The average molecular weight is 357 g/mol. The Morgan fingerprint density at radius 3 is 2.08 bits per heavy atom. The molecule has 24 heavy (non-hydrogen) atoms. The van der Waals surface area contributed by atoms with E-state index in [1.807, 2.05) is 0 Å². The van der Waals surface area contributed by atoms with E-state index in [2.05, 4.69) is 5.32 Å². The van der Waals surface area contributed by atoms with Crippen LogP contribution in [-0.2, 0) is 16.0 Å². The number of hydrogen-bond donors (Lipinski definition) is 1. The van der Waals surface area contributed by atoms with E-state index in [4.69, 9.17) is 0 Å². The normalized spacial score (nSPS) is 12.0. The smallest absolute Gasteiger partial charge is 0.322 e. The van der Waals surface area contributed by atoms with Crippen molar-refractivity contribution in [3.05, 3.63) is 59.2 Å². The van der Waals surface area contributed by atoms with Gasteiger partial charge in [-0.3, -0.25) is 4.79 Å². The lowest BCUT2D eigenvalue weighted by Crippen LogP contribution is -2.14. The number of carbonyl (C=O) groups is 1. The summed E-state index contributed by atoms with van der Waals surface area (Å²) in [5.41, 5.74) is 0.132. The van der Waals surface area contributed by atoms with Crippen molar-refractivity contribution in [2.45, 2.75) is 18.0 Å². The van der Waals surface area contributed by atoms with E-state index in [0.29, 0.717) is 11.3 Å². The summed E-state index contributed by atoms with van der Waals surface area (Å²) in [6.07, 6.45) is -3.39. The molecule has 0 atom stereocenters. The van der Waals surface area contributed by atoms with Crippen molar-refractivity contribution in [1.29, 1.82) is 0 Å². The fourth-order valence-corrected chi connectivity index (χ4v) is 2.72. The molecule has 8 heteroatoms. The van der Waals surface area contributed by atoms with E-state index in [9.17, 15) is 26.4 Å². The fraction of sp³-hybridized carbons (Fsp3) is 0.188. The molecule has 0 saturated heterocycles. The number of halogens is 3. The van der Waals surface area contributed by atoms with Crippen LogP contribution in [0.2, 0.25) is 0 Å². The zero-order valence-corrected chi connectivity index (χ0v) is 13.6. The molecule has 1 N–H and O–H groups in total. The van der Waals surface area contributed by atoms with Gasteiger partial charge in [0.1, 0.15) is 0 Å². The number of carbonyl (C=O) groups excluding carboxylic acids is 1. The molecular weight excluding hydrogens is 343 g/mol. The Morgan fingerprint density at radius 2 is 1.62 bits per heavy atom. The van der Waals surface area contributed by atoms with E-state index in [-0.39, 0.29) is 10.5 Å². The number of hydrogen-bond acceptors (Lipinski definition) is 3. The molecule has 0 spiro atoms. The summed E-state index contributed by atoms with van der Waals surface area (Å²) in [7, 11) is -3.36. The Hall–Kier alpha value is -2.35. The number of rotatable bonds is 3. The van der Waals surface area contributed by atoms with Crippen LogP contribution >= 0.6 is 0 Å². The largest absolute Gasteiger partial charge is 0.416 e. The predicted molar refractivity (Wildman–Crippen MR) is 83.7 cm³/mol. The summed E-state index contributed by atoms with van der Waals surface area (Å²) >= 11 is 0. The van der Waals surface area contributed by atoms with Gasteiger partial charge in [-0.05, 0) is 55.0 Å². The van der Waals surface area contributed by atoms with Crippen LogP contribution in [-0.4, -0.2) is 20.6 Å². The Kier molecular flexibility index (Phi) is 4.70. The summed E-state index contributed by atoms with van der Waals surface area (Å²) in [5, 5.41) is 2.55. The number of alkyl halides is 3. The fourth-order valence-electron chi connectivity index (χ4n) is 2.01. The SMILES string of the molecule is Cc1cc(S(C)(=O)=O)ccc1NC(=O)c1ccc(C(F)(F)F)cc1. The molecular formula is C16H14F3NO3S. The predicted octanol–water partition coefficient (Wildman–Crippen LogP) is 3.67. The maximum atomic E-state index is 12.5. The summed E-state index contributed by atoms with van der Waals surface area (Å²) in [5.74, 6) is -0.584. The molecule has 0 heterocycles. The van der Waals surface area contributed by atoms with Crippen LogP contribution in [0.4, 0.5) is 18.9 Å². The Morgan fingerprint density at radius 1 is 1.04 bits per heavy atom. The molecule has 0 radical (unpaired) electrons. The van der Waals surface area contributed by atoms with Gasteiger partial charge < -0.3 is 5.32 Å². The highest BCUT2D eigenvalue weighted by molar-refractivity contribution is 7.90. The number of anilines is 1. The highest BCUT2D eigenvalue weighted by Crippen LogP contribution is 2.29. The lowest BCUT2D eigenvalue weighted by atomic mass is 10.1. The van der Waals surface area contributed by atoms with Crippen LogP contribution in [0.1, 0.15) is 21.5 Å². The van der Waals surface area contributed by atoms with Crippen molar-refractivity contribution in [1.82, 2.24) is 0 Å². The van der Waals surface area contributed by atoms with Crippen molar-refractivity contribution in [2.75, 3.05) is 11.6 Å². The molecule has 0 fully saturated rings. The molecule has 0 saturated carbocycles. The van der Waals surface area contributed by atoms with E-state index in [1.165, 1.54) is 18.2 Å². The number of amides is 1. The van der Waals surface area contributed by atoms with Crippen LogP contribution < -0.4 is 5.32 Å². The molecule has 0 unspecified atom stereocenters. The molecule has 2 aromatic carbocycles. The minimum absolute atomic E-state index is 0.0644. The summed E-state index contributed by atoms with van der Waals surface area (Å²) in [6.45, 7) is 1.62. The summed E-state index contributed by atoms with van der Waals surface area (Å²) in [4.78, 5) is 12.2. The zero-order chi connectivity index (χ0) is 18.1. The zero-order valence-electron chi connectivity index (χ0n) is 12.8. The molecule has 0 aliphatic rings. The average Bonchev–Trinajstić information content (AvgIpc) is 2.47. The van der Waals surface area contributed by atoms with Crippen LogP contribution in [0.15, 0.2) is 47.4 Å². The minimum atomic E-state index is -4.47. The first-order chi connectivity index (χ1) is 11.0. The van der Waals surface area contributed by atoms with Crippen LogP contribution in [0, 0.1) is 6.92 Å². The molecule has 2 aromatic rings. The van der Waals surface area contributed by atoms with Crippen molar-refractivity contribution >= 4 is 21.4 Å². The van der Waals surface area contributed by atoms with Crippen molar-refractivity contribution < 1.29 is 26.4 Å². The van der Waals surface area contributed by atoms with E-state index in [1.54, 1.807) is 6.92 Å². The molecule has 128 valence electrons. The van der Waals surface area contributed by atoms with Gasteiger partial charge in [0.2, 0.25) is 0 Å². The van der Waals surface area contributed by atoms with Gasteiger partial charge in [0.05, 0.1) is 10.5 Å². The molecule has 0 aromatic heterocycles. The summed E-state index contributed by atoms with van der Waals surface area (Å²) < 4.78 is 60.5. The van der Waals surface area contributed by atoms with Gasteiger partial charge in [0.25, 0.3) is 5.91 Å². The van der Waals surface area contributed by atoms with Gasteiger partial charge in [-0.2, -0.15) is 13.2 Å². The molecule has 0 aliphatic carbocycles. The highest BCUT2D eigenvalue weighted by atomic mass is 32.2. The monoisotopic (exact) mass is 357 g/mol. The maximum Gasteiger partial charge on any atom is 0.416 e. The molecule has 0 aliphatic heterocycles. The van der Waals surface area contributed by atoms with Crippen molar-refractivity contribution in [3.63, 3.8) is 0 Å². The van der Waals surface area contributed by atoms with Crippen molar-refractivity contribution in [2.24, 2.45) is 0 Å². The second kappa shape index (κ2) is 6.27. The van der Waals surface area contributed by atoms with Gasteiger partial charge in [0.15, 0.2) is 9.84 Å². The van der Waals surface area contributed by atoms with Gasteiger partial charge in [0, 0.05) is 17.5 Å². The van der Waals surface area contributed by atoms with Gasteiger partial charge in [-0.15, -0.1) is 0 Å². The molecule has 4 nitrogen and oxygen atoms in total. The van der Waals surface area contributed by atoms with Gasteiger partial charge >= 0.3 is 6.18 Å².